The van der Waals surface area contributed by atoms with E-state index in [9.17, 15) is 13.2 Å². The first kappa shape index (κ1) is 15.9. The molecule has 1 aromatic carbocycles. The molecule has 1 aromatic heterocycles. The van der Waals surface area contributed by atoms with Crippen LogP contribution in [0.4, 0.5) is 13.2 Å². The van der Waals surface area contributed by atoms with Crippen molar-refractivity contribution < 1.29 is 17.9 Å². The lowest BCUT2D eigenvalue weighted by Gasteiger charge is -2.24. The molecule has 1 aliphatic rings. The monoisotopic (exact) mass is 325 g/mol. The summed E-state index contributed by atoms with van der Waals surface area (Å²) in [7, 11) is 0. The van der Waals surface area contributed by atoms with Gasteiger partial charge in [-0.3, -0.25) is 4.68 Å². The summed E-state index contributed by atoms with van der Waals surface area (Å²) in [5.41, 5.74) is 2.59. The van der Waals surface area contributed by atoms with Gasteiger partial charge in [-0.05, 0) is 63.2 Å². The summed E-state index contributed by atoms with van der Waals surface area (Å²) in [6, 6.07) is 8.13. The number of aromatic nitrogens is 2. The van der Waals surface area contributed by atoms with Gasteiger partial charge in [0.1, 0.15) is 5.75 Å². The molecule has 2 heterocycles. The molecule has 0 spiro atoms. The Morgan fingerprint density at radius 1 is 1.17 bits per heavy atom. The molecule has 4 nitrogen and oxygen atoms in total. The fourth-order valence-corrected chi connectivity index (χ4v) is 2.88. The van der Waals surface area contributed by atoms with Gasteiger partial charge in [-0.25, -0.2) is 0 Å². The largest absolute Gasteiger partial charge is 0.573 e. The van der Waals surface area contributed by atoms with E-state index in [1.807, 2.05) is 17.7 Å². The SMILES string of the molecule is Cc1cc(-c2ccc(OC(F)(F)F)cc2)nn1C1CCNCC1. The Balaban J connectivity index is 1.79. The van der Waals surface area contributed by atoms with Crippen LogP contribution in [0.1, 0.15) is 24.6 Å². The number of hydrogen-bond acceptors (Lipinski definition) is 3. The predicted octanol–water partition coefficient (Wildman–Crippen LogP) is 3.68. The van der Waals surface area contributed by atoms with Gasteiger partial charge in [0.15, 0.2) is 0 Å². The zero-order valence-electron chi connectivity index (χ0n) is 12.7. The molecule has 0 atom stereocenters. The highest BCUT2D eigenvalue weighted by molar-refractivity contribution is 5.60. The number of nitrogens with one attached hydrogen (secondary N) is 1. The highest BCUT2D eigenvalue weighted by Crippen LogP contribution is 2.28. The van der Waals surface area contributed by atoms with Crippen LogP contribution in [0, 0.1) is 6.92 Å². The third-order valence-electron chi connectivity index (χ3n) is 3.96. The molecule has 23 heavy (non-hydrogen) atoms. The summed E-state index contributed by atoms with van der Waals surface area (Å²) in [6.07, 6.45) is -2.62. The second kappa shape index (κ2) is 6.23. The zero-order valence-corrected chi connectivity index (χ0v) is 12.7. The van der Waals surface area contributed by atoms with Gasteiger partial charge in [0.05, 0.1) is 11.7 Å². The highest BCUT2D eigenvalue weighted by atomic mass is 19.4. The topological polar surface area (TPSA) is 39.1 Å². The lowest BCUT2D eigenvalue weighted by Crippen LogP contribution is -2.30. The minimum atomic E-state index is -4.67. The van der Waals surface area contributed by atoms with E-state index in [2.05, 4.69) is 15.2 Å². The average Bonchev–Trinajstić information content (AvgIpc) is 2.89. The van der Waals surface area contributed by atoms with Crippen LogP contribution in [0.3, 0.4) is 0 Å². The van der Waals surface area contributed by atoms with E-state index in [0.717, 1.165) is 42.9 Å². The summed E-state index contributed by atoms with van der Waals surface area (Å²) in [5.74, 6) is -0.226. The van der Waals surface area contributed by atoms with Crippen molar-refractivity contribution in [2.45, 2.75) is 32.2 Å². The van der Waals surface area contributed by atoms with Crippen molar-refractivity contribution in [1.82, 2.24) is 15.1 Å². The Labute approximate surface area is 132 Å². The Bertz CT molecular complexity index is 658. The van der Waals surface area contributed by atoms with Gasteiger partial charge in [0, 0.05) is 11.3 Å². The number of halogens is 3. The lowest BCUT2D eigenvalue weighted by atomic mass is 10.1. The molecule has 2 aromatic rings. The molecule has 0 saturated carbocycles. The number of piperidine rings is 1. The third kappa shape index (κ3) is 3.85. The van der Waals surface area contributed by atoms with Crippen molar-refractivity contribution in [2.75, 3.05) is 13.1 Å². The minimum absolute atomic E-state index is 0.226. The van der Waals surface area contributed by atoms with Crippen LogP contribution in [0.2, 0.25) is 0 Å². The summed E-state index contributed by atoms with van der Waals surface area (Å²) in [4.78, 5) is 0. The van der Waals surface area contributed by atoms with Crippen molar-refractivity contribution in [3.05, 3.63) is 36.0 Å². The molecule has 3 rings (SSSR count). The zero-order chi connectivity index (χ0) is 16.4. The molecule has 1 saturated heterocycles. The van der Waals surface area contributed by atoms with E-state index in [1.165, 1.54) is 12.1 Å². The van der Waals surface area contributed by atoms with Crippen molar-refractivity contribution in [3.8, 4) is 17.0 Å². The third-order valence-corrected chi connectivity index (χ3v) is 3.96. The fraction of sp³-hybridized carbons (Fsp3) is 0.438. The molecule has 7 heteroatoms. The Morgan fingerprint density at radius 3 is 2.43 bits per heavy atom. The standard InChI is InChI=1S/C16H18F3N3O/c1-11-10-15(21-22(11)13-6-8-20-9-7-13)12-2-4-14(5-3-12)23-16(17,18)19/h2-5,10,13,20H,6-9H2,1H3. The minimum Gasteiger partial charge on any atom is -0.406 e. The van der Waals surface area contributed by atoms with Crippen LogP contribution in [0.15, 0.2) is 30.3 Å². The maximum absolute atomic E-state index is 12.2. The van der Waals surface area contributed by atoms with Crippen LogP contribution in [-0.4, -0.2) is 29.2 Å². The van der Waals surface area contributed by atoms with Crippen LogP contribution in [0.5, 0.6) is 5.75 Å². The van der Waals surface area contributed by atoms with E-state index >= 15 is 0 Å². The van der Waals surface area contributed by atoms with Gasteiger partial charge in [-0.2, -0.15) is 5.10 Å². The lowest BCUT2D eigenvalue weighted by molar-refractivity contribution is -0.274. The highest BCUT2D eigenvalue weighted by Gasteiger charge is 2.31. The average molecular weight is 325 g/mol. The van der Waals surface area contributed by atoms with Gasteiger partial charge in [-0.1, -0.05) is 0 Å². The molecular weight excluding hydrogens is 307 g/mol. The molecule has 124 valence electrons. The summed E-state index contributed by atoms with van der Waals surface area (Å²) < 4.78 is 42.5. The van der Waals surface area contributed by atoms with Gasteiger partial charge < -0.3 is 10.1 Å². The number of rotatable bonds is 3. The number of nitrogens with zero attached hydrogens (tertiary/aromatic N) is 2. The number of alkyl halides is 3. The van der Waals surface area contributed by atoms with E-state index in [0.29, 0.717) is 6.04 Å². The van der Waals surface area contributed by atoms with Crippen LogP contribution < -0.4 is 10.1 Å². The molecule has 0 radical (unpaired) electrons. The van der Waals surface area contributed by atoms with Crippen LogP contribution >= 0.6 is 0 Å². The van der Waals surface area contributed by atoms with Crippen LogP contribution in [-0.2, 0) is 0 Å². The molecular formula is C16H18F3N3O. The van der Waals surface area contributed by atoms with Gasteiger partial charge in [-0.15, -0.1) is 13.2 Å². The molecule has 0 amide bonds. The van der Waals surface area contributed by atoms with E-state index in [1.54, 1.807) is 12.1 Å². The van der Waals surface area contributed by atoms with Crippen molar-refractivity contribution >= 4 is 0 Å². The maximum Gasteiger partial charge on any atom is 0.573 e. The Kier molecular flexibility index (Phi) is 4.30. The van der Waals surface area contributed by atoms with Crippen molar-refractivity contribution in [2.24, 2.45) is 0 Å². The summed E-state index contributed by atoms with van der Waals surface area (Å²) in [6.45, 7) is 3.95. The fourth-order valence-electron chi connectivity index (χ4n) is 2.88. The van der Waals surface area contributed by atoms with E-state index in [4.69, 9.17) is 0 Å². The van der Waals surface area contributed by atoms with Gasteiger partial charge in [0.2, 0.25) is 0 Å². The number of benzene rings is 1. The molecule has 0 aliphatic carbocycles. The molecule has 0 unspecified atom stereocenters. The number of hydrogen-bond donors (Lipinski definition) is 1. The smallest absolute Gasteiger partial charge is 0.406 e. The summed E-state index contributed by atoms with van der Waals surface area (Å²) in [5, 5.41) is 7.95. The second-order valence-corrected chi connectivity index (χ2v) is 5.67. The second-order valence-electron chi connectivity index (χ2n) is 5.67. The van der Waals surface area contributed by atoms with Gasteiger partial charge >= 0.3 is 6.36 Å². The molecule has 1 aliphatic heterocycles. The Hall–Kier alpha value is -2.02. The Morgan fingerprint density at radius 2 is 1.83 bits per heavy atom. The van der Waals surface area contributed by atoms with Crippen molar-refractivity contribution in [3.63, 3.8) is 0 Å². The molecule has 1 N–H and O–H groups in total. The normalized spacial score (nSPS) is 16.5. The van der Waals surface area contributed by atoms with Crippen LogP contribution in [0.25, 0.3) is 11.3 Å². The molecule has 0 bridgehead atoms. The molecule has 1 fully saturated rings. The van der Waals surface area contributed by atoms with E-state index in [-0.39, 0.29) is 5.75 Å². The quantitative estimate of drug-likeness (QED) is 0.935. The predicted molar refractivity (Wildman–Crippen MR) is 80.2 cm³/mol. The maximum atomic E-state index is 12.2. The van der Waals surface area contributed by atoms with E-state index < -0.39 is 6.36 Å². The summed E-state index contributed by atoms with van der Waals surface area (Å²) >= 11 is 0. The number of aryl methyl sites for hydroxylation is 1. The first-order valence-corrected chi connectivity index (χ1v) is 7.55. The van der Waals surface area contributed by atoms with Crippen molar-refractivity contribution in [1.29, 1.82) is 0 Å². The first-order chi connectivity index (χ1) is 10.9. The number of ether oxygens (including phenoxy) is 1. The first-order valence-electron chi connectivity index (χ1n) is 7.55. The van der Waals surface area contributed by atoms with Gasteiger partial charge in [0.25, 0.3) is 0 Å².